The number of aryl methyl sites for hydroxylation is 1. The van der Waals surface area contributed by atoms with Crippen LogP contribution in [0.2, 0.25) is 0 Å². The number of piperidine rings is 1. The Morgan fingerprint density at radius 2 is 2.00 bits per heavy atom. The number of carbonyl (C=O) groups excluding carboxylic acids is 1. The lowest BCUT2D eigenvalue weighted by molar-refractivity contribution is 0.0714. The van der Waals surface area contributed by atoms with Gasteiger partial charge in [0.2, 0.25) is 0 Å². The predicted octanol–water partition coefficient (Wildman–Crippen LogP) is 1.63. The van der Waals surface area contributed by atoms with E-state index in [4.69, 9.17) is 5.73 Å². The molecule has 20 heavy (non-hydrogen) atoms. The number of hydrogen-bond acceptors (Lipinski definition) is 3. The average Bonchev–Trinajstić information content (AvgIpc) is 2.47. The number of benzene rings is 1. The number of rotatable bonds is 1. The molecule has 0 aromatic heterocycles. The van der Waals surface area contributed by atoms with Crippen molar-refractivity contribution in [2.45, 2.75) is 31.7 Å². The predicted molar refractivity (Wildman–Crippen MR) is 81.1 cm³/mol. The highest BCUT2D eigenvalue weighted by atomic mass is 16.2. The third-order valence-corrected chi connectivity index (χ3v) is 4.50. The first-order valence-electron chi connectivity index (χ1n) is 7.54. The standard InChI is InChI=1S/C16H23N3O/c1-18-8-2-3-12-11-13(4-5-15(12)18)16(20)19-9-6-14(17)7-10-19/h4-5,11,14H,2-3,6-10,17H2,1H3. The Labute approximate surface area is 120 Å². The van der Waals surface area contributed by atoms with Crippen molar-refractivity contribution < 1.29 is 4.79 Å². The van der Waals surface area contributed by atoms with Crippen LogP contribution in [0.5, 0.6) is 0 Å². The summed E-state index contributed by atoms with van der Waals surface area (Å²) in [6, 6.07) is 6.41. The molecule has 0 bridgehead atoms. The van der Waals surface area contributed by atoms with Crippen molar-refractivity contribution >= 4 is 11.6 Å². The topological polar surface area (TPSA) is 49.6 Å². The summed E-state index contributed by atoms with van der Waals surface area (Å²) < 4.78 is 0. The van der Waals surface area contributed by atoms with Crippen LogP contribution >= 0.6 is 0 Å². The van der Waals surface area contributed by atoms with Crippen LogP contribution in [-0.2, 0) is 6.42 Å². The molecule has 2 aliphatic rings. The second kappa shape index (κ2) is 5.44. The van der Waals surface area contributed by atoms with Crippen molar-refractivity contribution in [2.24, 2.45) is 5.73 Å². The van der Waals surface area contributed by atoms with E-state index in [0.717, 1.165) is 44.5 Å². The number of anilines is 1. The van der Waals surface area contributed by atoms with Gasteiger partial charge in [-0.05, 0) is 49.4 Å². The van der Waals surface area contributed by atoms with Gasteiger partial charge in [0.15, 0.2) is 0 Å². The zero-order chi connectivity index (χ0) is 14.1. The summed E-state index contributed by atoms with van der Waals surface area (Å²) in [4.78, 5) is 16.8. The Hall–Kier alpha value is -1.55. The number of hydrogen-bond donors (Lipinski definition) is 1. The molecule has 0 radical (unpaired) electrons. The van der Waals surface area contributed by atoms with E-state index in [2.05, 4.69) is 24.1 Å². The molecule has 1 amide bonds. The Kier molecular flexibility index (Phi) is 3.66. The molecule has 0 spiro atoms. The highest BCUT2D eigenvalue weighted by Crippen LogP contribution is 2.27. The van der Waals surface area contributed by atoms with E-state index in [1.807, 2.05) is 11.0 Å². The maximum atomic E-state index is 12.5. The van der Waals surface area contributed by atoms with E-state index < -0.39 is 0 Å². The summed E-state index contributed by atoms with van der Waals surface area (Å²) >= 11 is 0. The minimum atomic E-state index is 0.160. The van der Waals surface area contributed by atoms with E-state index in [1.54, 1.807) is 0 Å². The van der Waals surface area contributed by atoms with Crippen LogP contribution in [0.15, 0.2) is 18.2 Å². The number of carbonyl (C=O) groups is 1. The third kappa shape index (κ3) is 2.52. The first-order chi connectivity index (χ1) is 9.65. The smallest absolute Gasteiger partial charge is 0.253 e. The van der Waals surface area contributed by atoms with E-state index in [1.165, 1.54) is 17.7 Å². The van der Waals surface area contributed by atoms with Crippen molar-refractivity contribution in [3.8, 4) is 0 Å². The summed E-state index contributed by atoms with van der Waals surface area (Å²) in [5, 5.41) is 0. The van der Waals surface area contributed by atoms with Gasteiger partial charge in [-0.3, -0.25) is 4.79 Å². The molecule has 1 aromatic carbocycles. The minimum Gasteiger partial charge on any atom is -0.374 e. The molecule has 0 atom stereocenters. The van der Waals surface area contributed by atoms with Crippen LogP contribution in [0.1, 0.15) is 35.2 Å². The van der Waals surface area contributed by atoms with Gasteiger partial charge in [0.05, 0.1) is 0 Å². The Bertz CT molecular complexity index is 506. The molecule has 2 aliphatic heterocycles. The summed E-state index contributed by atoms with van der Waals surface area (Å²) in [6.45, 7) is 2.68. The van der Waals surface area contributed by atoms with Crippen molar-refractivity contribution in [3.63, 3.8) is 0 Å². The molecular weight excluding hydrogens is 250 g/mol. The molecule has 1 fully saturated rings. The van der Waals surface area contributed by atoms with Crippen LogP contribution in [0.25, 0.3) is 0 Å². The Morgan fingerprint density at radius 3 is 2.75 bits per heavy atom. The fraction of sp³-hybridized carbons (Fsp3) is 0.562. The second-order valence-corrected chi connectivity index (χ2v) is 6.00. The Morgan fingerprint density at radius 1 is 1.25 bits per heavy atom. The molecule has 1 saturated heterocycles. The molecule has 3 rings (SSSR count). The minimum absolute atomic E-state index is 0.160. The van der Waals surface area contributed by atoms with Crippen molar-refractivity contribution in [2.75, 3.05) is 31.6 Å². The normalized spacial score (nSPS) is 19.9. The fourth-order valence-corrected chi connectivity index (χ4v) is 3.20. The van der Waals surface area contributed by atoms with Gasteiger partial charge in [-0.15, -0.1) is 0 Å². The van der Waals surface area contributed by atoms with E-state index in [-0.39, 0.29) is 11.9 Å². The molecule has 0 unspecified atom stereocenters. The fourth-order valence-electron chi connectivity index (χ4n) is 3.20. The number of amides is 1. The van der Waals surface area contributed by atoms with Gasteiger partial charge >= 0.3 is 0 Å². The van der Waals surface area contributed by atoms with Gasteiger partial charge in [0, 0.05) is 44.0 Å². The van der Waals surface area contributed by atoms with E-state index in [0.29, 0.717) is 0 Å². The molecule has 4 nitrogen and oxygen atoms in total. The second-order valence-electron chi connectivity index (χ2n) is 6.00. The number of nitrogens with zero attached hydrogens (tertiary/aromatic N) is 2. The highest BCUT2D eigenvalue weighted by Gasteiger charge is 2.23. The number of fused-ring (bicyclic) bond motifs is 1. The molecule has 0 aliphatic carbocycles. The molecule has 4 heteroatoms. The zero-order valence-corrected chi connectivity index (χ0v) is 12.1. The number of likely N-dealkylation sites (tertiary alicyclic amines) is 1. The lowest BCUT2D eigenvalue weighted by atomic mass is 9.98. The van der Waals surface area contributed by atoms with Crippen LogP contribution in [0.4, 0.5) is 5.69 Å². The molecule has 2 N–H and O–H groups in total. The third-order valence-electron chi connectivity index (χ3n) is 4.50. The average molecular weight is 273 g/mol. The maximum absolute atomic E-state index is 12.5. The molecular formula is C16H23N3O. The van der Waals surface area contributed by atoms with Crippen LogP contribution in [-0.4, -0.2) is 43.5 Å². The van der Waals surface area contributed by atoms with Crippen molar-refractivity contribution in [1.29, 1.82) is 0 Å². The lowest BCUT2D eigenvalue weighted by Crippen LogP contribution is -2.42. The molecule has 1 aromatic rings. The van der Waals surface area contributed by atoms with Crippen LogP contribution in [0, 0.1) is 0 Å². The molecule has 108 valence electrons. The van der Waals surface area contributed by atoms with Crippen molar-refractivity contribution in [1.82, 2.24) is 4.90 Å². The van der Waals surface area contributed by atoms with Crippen LogP contribution in [0.3, 0.4) is 0 Å². The highest BCUT2D eigenvalue weighted by molar-refractivity contribution is 5.95. The maximum Gasteiger partial charge on any atom is 0.253 e. The first-order valence-corrected chi connectivity index (χ1v) is 7.54. The first kappa shape index (κ1) is 13.4. The molecule has 0 saturated carbocycles. The van der Waals surface area contributed by atoms with Gasteiger partial charge in [-0.25, -0.2) is 0 Å². The number of nitrogens with two attached hydrogens (primary N) is 1. The summed E-state index contributed by atoms with van der Waals surface area (Å²) in [6.07, 6.45) is 4.07. The summed E-state index contributed by atoms with van der Waals surface area (Å²) in [7, 11) is 2.12. The van der Waals surface area contributed by atoms with Gasteiger partial charge in [0.1, 0.15) is 0 Å². The van der Waals surface area contributed by atoms with Gasteiger partial charge in [-0.2, -0.15) is 0 Å². The lowest BCUT2D eigenvalue weighted by Gasteiger charge is -2.31. The van der Waals surface area contributed by atoms with Gasteiger partial charge in [0.25, 0.3) is 5.91 Å². The van der Waals surface area contributed by atoms with Crippen LogP contribution < -0.4 is 10.6 Å². The van der Waals surface area contributed by atoms with Gasteiger partial charge < -0.3 is 15.5 Å². The monoisotopic (exact) mass is 273 g/mol. The molecule has 2 heterocycles. The van der Waals surface area contributed by atoms with E-state index in [9.17, 15) is 4.79 Å². The SMILES string of the molecule is CN1CCCc2cc(C(=O)N3CCC(N)CC3)ccc21. The largest absolute Gasteiger partial charge is 0.374 e. The summed E-state index contributed by atoms with van der Waals surface area (Å²) in [5.41, 5.74) is 9.30. The quantitative estimate of drug-likeness (QED) is 0.846. The zero-order valence-electron chi connectivity index (χ0n) is 12.1. The van der Waals surface area contributed by atoms with Gasteiger partial charge in [-0.1, -0.05) is 0 Å². The summed E-state index contributed by atoms with van der Waals surface area (Å²) in [5.74, 6) is 0.160. The Balaban J connectivity index is 1.78. The van der Waals surface area contributed by atoms with E-state index >= 15 is 0 Å². The van der Waals surface area contributed by atoms with Crippen molar-refractivity contribution in [3.05, 3.63) is 29.3 Å².